The van der Waals surface area contributed by atoms with Crippen LogP contribution in [0.25, 0.3) is 0 Å². The van der Waals surface area contributed by atoms with Gasteiger partial charge in [-0.15, -0.1) is 0 Å². The van der Waals surface area contributed by atoms with Crippen molar-refractivity contribution in [2.45, 2.75) is 31.3 Å². The van der Waals surface area contributed by atoms with Crippen LogP contribution in [0.2, 0.25) is 0 Å². The molecule has 0 saturated carbocycles. The largest absolute Gasteiger partial charge is 0.391 e. The molecule has 0 radical (unpaired) electrons. The predicted molar refractivity (Wildman–Crippen MR) is 57.9 cm³/mol. The van der Waals surface area contributed by atoms with Crippen LogP contribution in [0.4, 0.5) is 0 Å². The van der Waals surface area contributed by atoms with Crippen LogP contribution in [0.3, 0.4) is 0 Å². The van der Waals surface area contributed by atoms with Crippen molar-refractivity contribution in [2.75, 3.05) is 6.54 Å². The van der Waals surface area contributed by atoms with E-state index in [0.29, 0.717) is 0 Å². The first-order valence-electron chi connectivity index (χ1n) is 4.96. The smallest absolute Gasteiger partial charge is 0.243 e. The highest BCUT2D eigenvalue weighted by molar-refractivity contribution is 5.93. The summed E-state index contributed by atoms with van der Waals surface area (Å²) in [5.41, 5.74) is 0. The van der Waals surface area contributed by atoms with Crippen molar-refractivity contribution in [3.05, 3.63) is 12.7 Å². The Morgan fingerprint density at radius 1 is 1.24 bits per heavy atom. The maximum Gasteiger partial charge on any atom is 0.243 e. The topological polar surface area (TPSA) is 127 Å². The fourth-order valence-electron chi connectivity index (χ4n) is 1.01. The zero-order chi connectivity index (χ0) is 13.6. The van der Waals surface area contributed by atoms with E-state index in [9.17, 15) is 24.9 Å². The lowest BCUT2D eigenvalue weighted by atomic mass is 10.0. The van der Waals surface area contributed by atoms with Crippen LogP contribution in [0.15, 0.2) is 12.7 Å². The number of hydrogen-bond acceptors (Lipinski definition) is 6. The molecule has 1 amide bonds. The number of ketones is 1. The van der Waals surface area contributed by atoms with E-state index in [4.69, 9.17) is 5.11 Å². The second-order valence-electron chi connectivity index (χ2n) is 3.55. The van der Waals surface area contributed by atoms with Crippen molar-refractivity contribution in [1.82, 2.24) is 5.32 Å². The Bertz CT molecular complexity index is 291. The normalized spacial score (nSPS) is 17.7. The van der Waals surface area contributed by atoms with Gasteiger partial charge in [-0.25, -0.2) is 0 Å². The quantitative estimate of drug-likeness (QED) is 0.312. The maximum absolute atomic E-state index is 11.3. The number of rotatable bonds is 7. The van der Waals surface area contributed by atoms with E-state index >= 15 is 0 Å². The Labute approximate surface area is 98.4 Å². The van der Waals surface area contributed by atoms with E-state index in [1.54, 1.807) is 0 Å². The molecule has 7 nitrogen and oxygen atoms in total. The lowest BCUT2D eigenvalue weighted by molar-refractivity contribution is -0.143. The SMILES string of the molecule is C=CC(=O)NCC(=O)[C@H](O)[C@@H](O)[C@H](O)[C@@H](C)O. The van der Waals surface area contributed by atoms with Crippen LogP contribution >= 0.6 is 0 Å². The van der Waals surface area contributed by atoms with Gasteiger partial charge in [0, 0.05) is 0 Å². The van der Waals surface area contributed by atoms with Crippen molar-refractivity contribution in [3.63, 3.8) is 0 Å². The molecule has 0 aliphatic carbocycles. The molecule has 0 spiro atoms. The van der Waals surface area contributed by atoms with Gasteiger partial charge in [0.2, 0.25) is 5.91 Å². The van der Waals surface area contributed by atoms with Gasteiger partial charge in [0.05, 0.1) is 12.6 Å². The summed E-state index contributed by atoms with van der Waals surface area (Å²) in [5.74, 6) is -1.48. The van der Waals surface area contributed by atoms with E-state index in [1.807, 2.05) is 0 Å². The molecule has 0 fully saturated rings. The molecule has 0 heterocycles. The number of hydrogen-bond donors (Lipinski definition) is 5. The minimum absolute atomic E-state index is 0.504. The van der Waals surface area contributed by atoms with Gasteiger partial charge in [0.25, 0.3) is 0 Å². The average molecular weight is 247 g/mol. The molecule has 0 aromatic rings. The first-order chi connectivity index (χ1) is 7.81. The highest BCUT2D eigenvalue weighted by atomic mass is 16.4. The summed E-state index contributed by atoms with van der Waals surface area (Å²) in [7, 11) is 0. The second-order valence-corrected chi connectivity index (χ2v) is 3.55. The molecule has 0 saturated heterocycles. The van der Waals surface area contributed by atoms with Gasteiger partial charge < -0.3 is 25.7 Å². The summed E-state index contributed by atoms with van der Waals surface area (Å²) in [6.07, 6.45) is -5.70. The molecule has 0 aliphatic heterocycles. The van der Waals surface area contributed by atoms with Crippen LogP contribution in [0, 0.1) is 0 Å². The molecule has 0 unspecified atom stereocenters. The van der Waals surface area contributed by atoms with Crippen molar-refractivity contribution in [3.8, 4) is 0 Å². The summed E-state index contributed by atoms with van der Waals surface area (Å²) in [6.45, 7) is 3.86. The van der Waals surface area contributed by atoms with E-state index in [1.165, 1.54) is 6.92 Å². The van der Waals surface area contributed by atoms with E-state index in [0.717, 1.165) is 6.08 Å². The Morgan fingerprint density at radius 2 is 1.76 bits per heavy atom. The standard InChI is InChI=1S/C10H17NO6/c1-3-7(14)11-4-6(13)9(16)10(17)8(15)5(2)12/h3,5,8-10,12,15-17H,1,4H2,2H3,(H,11,14)/t5-,8-,9+,10+/m1/s1. The lowest BCUT2D eigenvalue weighted by Crippen LogP contribution is -2.49. The monoisotopic (exact) mass is 247 g/mol. The number of carbonyl (C=O) groups is 2. The summed E-state index contributed by atoms with van der Waals surface area (Å²) >= 11 is 0. The van der Waals surface area contributed by atoms with Crippen LogP contribution < -0.4 is 5.32 Å². The Balaban J connectivity index is 4.29. The fraction of sp³-hybridized carbons (Fsp3) is 0.600. The van der Waals surface area contributed by atoms with Crippen LogP contribution in [0.5, 0.6) is 0 Å². The Hall–Kier alpha value is -1.28. The molecule has 0 aromatic carbocycles. The third-order valence-corrected chi connectivity index (χ3v) is 2.12. The lowest BCUT2D eigenvalue weighted by Gasteiger charge is -2.23. The number of aliphatic hydroxyl groups is 4. The molecular formula is C10H17NO6. The summed E-state index contributed by atoms with van der Waals surface area (Å²) in [6, 6.07) is 0. The molecule has 5 N–H and O–H groups in total. The van der Waals surface area contributed by atoms with Gasteiger partial charge in [-0.1, -0.05) is 6.58 Å². The fourth-order valence-corrected chi connectivity index (χ4v) is 1.01. The van der Waals surface area contributed by atoms with Gasteiger partial charge in [-0.2, -0.15) is 0 Å². The average Bonchev–Trinajstić information content (AvgIpc) is 2.32. The van der Waals surface area contributed by atoms with Crippen molar-refractivity contribution in [2.24, 2.45) is 0 Å². The van der Waals surface area contributed by atoms with Crippen LogP contribution in [-0.2, 0) is 9.59 Å². The molecule has 17 heavy (non-hydrogen) atoms. The van der Waals surface area contributed by atoms with Gasteiger partial charge in [-0.3, -0.25) is 9.59 Å². The number of amides is 1. The molecule has 0 bridgehead atoms. The third-order valence-electron chi connectivity index (χ3n) is 2.12. The molecular weight excluding hydrogens is 230 g/mol. The summed E-state index contributed by atoms with van der Waals surface area (Å²) < 4.78 is 0. The number of nitrogens with one attached hydrogen (secondary N) is 1. The zero-order valence-corrected chi connectivity index (χ0v) is 9.41. The van der Waals surface area contributed by atoms with E-state index in [-0.39, 0.29) is 0 Å². The number of Topliss-reactive ketones (excluding diaryl/α,β-unsaturated/α-hetero) is 1. The second kappa shape index (κ2) is 7.13. The Kier molecular flexibility index (Phi) is 6.59. The zero-order valence-electron chi connectivity index (χ0n) is 9.41. The van der Waals surface area contributed by atoms with E-state index < -0.39 is 42.7 Å². The minimum Gasteiger partial charge on any atom is -0.391 e. The molecule has 0 aromatic heterocycles. The number of carbonyl (C=O) groups excluding carboxylic acids is 2. The number of aliphatic hydroxyl groups excluding tert-OH is 4. The molecule has 4 atom stereocenters. The van der Waals surface area contributed by atoms with Gasteiger partial charge in [-0.05, 0) is 13.0 Å². The highest BCUT2D eigenvalue weighted by Gasteiger charge is 2.32. The van der Waals surface area contributed by atoms with Gasteiger partial charge in [0.15, 0.2) is 5.78 Å². The predicted octanol–water partition coefficient (Wildman–Crippen LogP) is -2.68. The molecule has 7 heteroatoms. The molecule has 98 valence electrons. The van der Waals surface area contributed by atoms with Crippen LogP contribution in [-0.4, -0.2) is 63.1 Å². The highest BCUT2D eigenvalue weighted by Crippen LogP contribution is 2.05. The minimum atomic E-state index is -1.88. The Morgan fingerprint density at radius 3 is 2.18 bits per heavy atom. The van der Waals surface area contributed by atoms with Gasteiger partial charge in [0.1, 0.15) is 18.3 Å². The molecule has 0 aliphatic rings. The maximum atomic E-state index is 11.3. The van der Waals surface area contributed by atoms with Crippen LogP contribution in [0.1, 0.15) is 6.92 Å². The first kappa shape index (κ1) is 15.7. The van der Waals surface area contributed by atoms with E-state index in [2.05, 4.69) is 11.9 Å². The third kappa shape index (κ3) is 5.05. The van der Waals surface area contributed by atoms with Crippen molar-refractivity contribution in [1.29, 1.82) is 0 Å². The first-order valence-corrected chi connectivity index (χ1v) is 4.96. The van der Waals surface area contributed by atoms with Crippen molar-refractivity contribution >= 4 is 11.7 Å². The van der Waals surface area contributed by atoms with Gasteiger partial charge >= 0.3 is 0 Å². The summed E-state index contributed by atoms with van der Waals surface area (Å²) in [5, 5.41) is 39.0. The molecule has 0 rings (SSSR count). The van der Waals surface area contributed by atoms with Crippen molar-refractivity contribution < 1.29 is 30.0 Å². The summed E-state index contributed by atoms with van der Waals surface area (Å²) in [4.78, 5) is 22.0.